The second-order valence-electron chi connectivity index (χ2n) is 4.77. The first kappa shape index (κ1) is 16.5. The van der Waals surface area contributed by atoms with Crippen LogP contribution >= 0.6 is 0 Å². The number of rotatable bonds is 7. The van der Waals surface area contributed by atoms with Crippen LogP contribution in [-0.2, 0) is 16.1 Å². The number of para-hydroxylation sites is 1. The molecule has 0 atom stereocenters. The SMILES string of the molecule is CCOC(=O)c1ccccc1OCC(=O)NCc1ccccc1. The second kappa shape index (κ2) is 8.58. The van der Waals surface area contributed by atoms with Crippen LogP contribution in [0.25, 0.3) is 0 Å². The van der Waals surface area contributed by atoms with Gasteiger partial charge in [-0.1, -0.05) is 42.5 Å². The number of hydrogen-bond acceptors (Lipinski definition) is 4. The van der Waals surface area contributed by atoms with Crippen LogP contribution < -0.4 is 10.1 Å². The number of hydrogen-bond donors (Lipinski definition) is 1. The molecule has 5 nitrogen and oxygen atoms in total. The maximum atomic E-state index is 11.8. The first-order valence-electron chi connectivity index (χ1n) is 7.40. The van der Waals surface area contributed by atoms with Gasteiger partial charge >= 0.3 is 5.97 Å². The maximum Gasteiger partial charge on any atom is 0.341 e. The van der Waals surface area contributed by atoms with E-state index < -0.39 is 5.97 Å². The van der Waals surface area contributed by atoms with Crippen LogP contribution in [0.4, 0.5) is 0 Å². The molecule has 0 heterocycles. The summed E-state index contributed by atoms with van der Waals surface area (Å²) < 4.78 is 10.4. The minimum absolute atomic E-state index is 0.163. The molecule has 0 aliphatic carbocycles. The molecule has 0 saturated carbocycles. The molecule has 0 aromatic heterocycles. The highest BCUT2D eigenvalue weighted by molar-refractivity contribution is 5.92. The van der Waals surface area contributed by atoms with Gasteiger partial charge in [0.15, 0.2) is 6.61 Å². The summed E-state index contributed by atoms with van der Waals surface area (Å²) in [5, 5.41) is 2.76. The van der Waals surface area contributed by atoms with Crippen molar-refractivity contribution in [2.75, 3.05) is 13.2 Å². The fourth-order valence-corrected chi connectivity index (χ4v) is 1.96. The molecule has 5 heteroatoms. The Kier molecular flexibility index (Phi) is 6.17. The average molecular weight is 313 g/mol. The fraction of sp³-hybridized carbons (Fsp3) is 0.222. The summed E-state index contributed by atoms with van der Waals surface area (Å²) in [7, 11) is 0. The molecule has 0 bridgehead atoms. The smallest absolute Gasteiger partial charge is 0.341 e. The minimum atomic E-state index is -0.465. The predicted octanol–water partition coefficient (Wildman–Crippen LogP) is 2.56. The van der Waals surface area contributed by atoms with Gasteiger partial charge in [0.2, 0.25) is 0 Å². The van der Waals surface area contributed by atoms with E-state index in [4.69, 9.17) is 9.47 Å². The second-order valence-corrected chi connectivity index (χ2v) is 4.77. The number of esters is 1. The van der Waals surface area contributed by atoms with E-state index in [1.54, 1.807) is 31.2 Å². The lowest BCUT2D eigenvalue weighted by Gasteiger charge is -2.11. The largest absolute Gasteiger partial charge is 0.483 e. The lowest BCUT2D eigenvalue weighted by Crippen LogP contribution is -2.28. The summed E-state index contributed by atoms with van der Waals surface area (Å²) in [5.74, 6) is -0.388. The summed E-state index contributed by atoms with van der Waals surface area (Å²) in [6, 6.07) is 16.3. The van der Waals surface area contributed by atoms with Crippen LogP contribution in [0, 0.1) is 0 Å². The molecule has 0 fully saturated rings. The molecule has 1 N–H and O–H groups in total. The van der Waals surface area contributed by atoms with Crippen molar-refractivity contribution in [1.82, 2.24) is 5.32 Å². The number of nitrogens with one attached hydrogen (secondary N) is 1. The van der Waals surface area contributed by atoms with E-state index in [2.05, 4.69) is 5.32 Å². The third kappa shape index (κ3) is 5.14. The third-order valence-electron chi connectivity index (χ3n) is 3.07. The lowest BCUT2D eigenvalue weighted by molar-refractivity contribution is -0.123. The quantitative estimate of drug-likeness (QED) is 0.798. The molecular formula is C18H19NO4. The van der Waals surface area contributed by atoms with E-state index in [1.807, 2.05) is 30.3 Å². The molecule has 0 radical (unpaired) electrons. The molecule has 23 heavy (non-hydrogen) atoms. The van der Waals surface area contributed by atoms with E-state index in [9.17, 15) is 9.59 Å². The van der Waals surface area contributed by atoms with Crippen molar-refractivity contribution in [3.8, 4) is 5.75 Å². The van der Waals surface area contributed by atoms with Gasteiger partial charge in [0.25, 0.3) is 5.91 Å². The third-order valence-corrected chi connectivity index (χ3v) is 3.07. The molecule has 0 spiro atoms. The van der Waals surface area contributed by atoms with E-state index in [-0.39, 0.29) is 19.1 Å². The van der Waals surface area contributed by atoms with E-state index in [0.717, 1.165) is 5.56 Å². The van der Waals surface area contributed by atoms with Gasteiger partial charge in [-0.15, -0.1) is 0 Å². The van der Waals surface area contributed by atoms with Crippen molar-refractivity contribution in [3.63, 3.8) is 0 Å². The number of carbonyl (C=O) groups is 2. The Morgan fingerprint density at radius 1 is 1.00 bits per heavy atom. The minimum Gasteiger partial charge on any atom is -0.483 e. The fourth-order valence-electron chi connectivity index (χ4n) is 1.96. The Labute approximate surface area is 135 Å². The highest BCUT2D eigenvalue weighted by Gasteiger charge is 2.14. The molecule has 0 aliphatic rings. The molecule has 0 saturated heterocycles. The molecule has 2 rings (SSSR count). The first-order valence-corrected chi connectivity index (χ1v) is 7.40. The Morgan fingerprint density at radius 3 is 2.43 bits per heavy atom. The molecular weight excluding hydrogens is 294 g/mol. The molecule has 120 valence electrons. The standard InChI is InChI=1S/C18H19NO4/c1-2-22-18(21)15-10-6-7-11-16(15)23-13-17(20)19-12-14-8-4-3-5-9-14/h3-11H,2,12-13H2,1H3,(H,19,20). The van der Waals surface area contributed by atoms with Crippen molar-refractivity contribution < 1.29 is 19.1 Å². The van der Waals surface area contributed by atoms with Gasteiger partial charge in [-0.2, -0.15) is 0 Å². The number of benzene rings is 2. The van der Waals surface area contributed by atoms with Crippen molar-refractivity contribution in [2.45, 2.75) is 13.5 Å². The zero-order valence-electron chi connectivity index (χ0n) is 13.0. The Morgan fingerprint density at radius 2 is 1.70 bits per heavy atom. The highest BCUT2D eigenvalue weighted by atomic mass is 16.5. The van der Waals surface area contributed by atoms with Crippen molar-refractivity contribution in [3.05, 3.63) is 65.7 Å². The monoisotopic (exact) mass is 313 g/mol. The molecule has 2 aromatic carbocycles. The predicted molar refractivity (Wildman–Crippen MR) is 86.2 cm³/mol. The van der Waals surface area contributed by atoms with E-state index >= 15 is 0 Å². The zero-order chi connectivity index (χ0) is 16.5. The van der Waals surface area contributed by atoms with Gasteiger partial charge in [-0.05, 0) is 24.6 Å². The highest BCUT2D eigenvalue weighted by Crippen LogP contribution is 2.18. The normalized spacial score (nSPS) is 9.96. The number of ether oxygens (including phenoxy) is 2. The summed E-state index contributed by atoms with van der Waals surface area (Å²) in [4.78, 5) is 23.7. The van der Waals surface area contributed by atoms with Gasteiger partial charge in [0.1, 0.15) is 11.3 Å². The van der Waals surface area contributed by atoms with Crippen LogP contribution in [0.1, 0.15) is 22.8 Å². The summed E-state index contributed by atoms with van der Waals surface area (Å²) in [6.07, 6.45) is 0. The molecule has 0 aliphatic heterocycles. The summed E-state index contributed by atoms with van der Waals surface area (Å²) in [5.41, 5.74) is 1.32. The van der Waals surface area contributed by atoms with Crippen LogP contribution in [0.2, 0.25) is 0 Å². The summed E-state index contributed by atoms with van der Waals surface area (Å²) in [6.45, 7) is 2.29. The number of carbonyl (C=O) groups excluding carboxylic acids is 2. The van der Waals surface area contributed by atoms with Crippen molar-refractivity contribution in [1.29, 1.82) is 0 Å². The van der Waals surface area contributed by atoms with E-state index in [1.165, 1.54) is 0 Å². The van der Waals surface area contributed by atoms with Gasteiger partial charge < -0.3 is 14.8 Å². The van der Waals surface area contributed by atoms with Gasteiger partial charge in [0, 0.05) is 6.54 Å². The average Bonchev–Trinajstić information content (AvgIpc) is 2.59. The lowest BCUT2D eigenvalue weighted by atomic mass is 10.2. The van der Waals surface area contributed by atoms with Crippen LogP contribution in [-0.4, -0.2) is 25.1 Å². The van der Waals surface area contributed by atoms with Crippen molar-refractivity contribution >= 4 is 11.9 Å². The van der Waals surface area contributed by atoms with Gasteiger partial charge in [-0.3, -0.25) is 4.79 Å². The Balaban J connectivity index is 1.88. The molecule has 1 amide bonds. The Bertz CT molecular complexity index is 655. The topological polar surface area (TPSA) is 64.6 Å². The van der Waals surface area contributed by atoms with Crippen LogP contribution in [0.5, 0.6) is 5.75 Å². The Hall–Kier alpha value is -2.82. The van der Waals surface area contributed by atoms with Gasteiger partial charge in [-0.25, -0.2) is 4.79 Å². The molecule has 0 unspecified atom stereocenters. The number of amides is 1. The van der Waals surface area contributed by atoms with Crippen LogP contribution in [0.15, 0.2) is 54.6 Å². The maximum absolute atomic E-state index is 11.8. The van der Waals surface area contributed by atoms with E-state index in [0.29, 0.717) is 17.9 Å². The molecule has 2 aromatic rings. The summed E-state index contributed by atoms with van der Waals surface area (Å²) >= 11 is 0. The first-order chi connectivity index (χ1) is 11.2. The van der Waals surface area contributed by atoms with Gasteiger partial charge in [0.05, 0.1) is 6.61 Å². The zero-order valence-corrected chi connectivity index (χ0v) is 13.0. The van der Waals surface area contributed by atoms with Crippen LogP contribution in [0.3, 0.4) is 0 Å². The van der Waals surface area contributed by atoms with Crippen molar-refractivity contribution in [2.24, 2.45) is 0 Å².